The van der Waals surface area contributed by atoms with Crippen molar-refractivity contribution in [2.24, 2.45) is 5.92 Å². The Bertz CT molecular complexity index is 787. The van der Waals surface area contributed by atoms with Crippen LogP contribution in [0, 0.1) is 5.92 Å². The van der Waals surface area contributed by atoms with Gasteiger partial charge in [0.25, 0.3) is 0 Å². The standard InChI is InChI=1S/C22H26N2O3/c25-22(26)24(16-18-9-12-27-13-10-18)20-6-7-21-19(14-20)8-11-23(21)15-17-4-2-1-3-5-17/h1-7,14,18H,8-13,15-16H2,(H,25,26). The molecule has 2 aromatic carbocycles. The summed E-state index contributed by atoms with van der Waals surface area (Å²) in [7, 11) is 0. The summed E-state index contributed by atoms with van der Waals surface area (Å²) in [5, 5.41) is 9.74. The molecule has 27 heavy (non-hydrogen) atoms. The molecule has 0 aromatic heterocycles. The summed E-state index contributed by atoms with van der Waals surface area (Å²) in [5.41, 5.74) is 4.54. The van der Waals surface area contributed by atoms with Gasteiger partial charge in [0.2, 0.25) is 0 Å². The Labute approximate surface area is 160 Å². The normalized spacial score (nSPS) is 17.0. The molecule has 2 aliphatic rings. The number of hydrogen-bond acceptors (Lipinski definition) is 3. The highest BCUT2D eigenvalue weighted by molar-refractivity contribution is 5.87. The molecule has 2 aromatic rings. The minimum absolute atomic E-state index is 0.373. The summed E-state index contributed by atoms with van der Waals surface area (Å²) in [4.78, 5) is 15.7. The SMILES string of the molecule is O=C(O)N(CC1CCOCC1)c1ccc2c(c1)CCN2Cc1ccccc1. The van der Waals surface area contributed by atoms with Crippen LogP contribution in [-0.4, -0.2) is 37.5 Å². The molecule has 0 unspecified atom stereocenters. The fraction of sp³-hybridized carbons (Fsp3) is 0.409. The summed E-state index contributed by atoms with van der Waals surface area (Å²) in [6, 6.07) is 16.6. The van der Waals surface area contributed by atoms with Crippen molar-refractivity contribution in [2.75, 3.05) is 36.1 Å². The molecule has 0 atom stereocenters. The third-order valence-corrected chi connectivity index (χ3v) is 5.60. The Morgan fingerprint density at radius 3 is 2.67 bits per heavy atom. The van der Waals surface area contributed by atoms with Crippen LogP contribution in [0.3, 0.4) is 0 Å². The van der Waals surface area contributed by atoms with Crippen molar-refractivity contribution in [1.29, 1.82) is 0 Å². The number of hydrogen-bond donors (Lipinski definition) is 1. The van der Waals surface area contributed by atoms with Gasteiger partial charge in [-0.05, 0) is 54.5 Å². The first kappa shape index (κ1) is 17.9. The van der Waals surface area contributed by atoms with Gasteiger partial charge in [-0.25, -0.2) is 4.79 Å². The van der Waals surface area contributed by atoms with Gasteiger partial charge in [-0.1, -0.05) is 30.3 Å². The van der Waals surface area contributed by atoms with Gasteiger partial charge >= 0.3 is 6.09 Å². The summed E-state index contributed by atoms with van der Waals surface area (Å²) in [5.74, 6) is 0.373. The number of rotatable bonds is 5. The number of carbonyl (C=O) groups is 1. The van der Waals surface area contributed by atoms with Crippen molar-refractivity contribution in [3.8, 4) is 0 Å². The number of fused-ring (bicyclic) bond motifs is 1. The molecule has 2 aliphatic heterocycles. The van der Waals surface area contributed by atoms with E-state index in [2.05, 4.69) is 41.3 Å². The molecule has 1 fully saturated rings. The number of ether oxygens (including phenoxy) is 1. The fourth-order valence-corrected chi connectivity index (χ4v) is 4.07. The third-order valence-electron chi connectivity index (χ3n) is 5.60. The molecule has 5 heteroatoms. The van der Waals surface area contributed by atoms with E-state index in [-0.39, 0.29) is 0 Å². The maximum absolute atomic E-state index is 11.9. The predicted octanol–water partition coefficient (Wildman–Crippen LogP) is 4.16. The van der Waals surface area contributed by atoms with Crippen LogP contribution < -0.4 is 9.80 Å². The van der Waals surface area contributed by atoms with E-state index in [1.54, 1.807) is 0 Å². The number of amides is 1. The zero-order valence-corrected chi connectivity index (χ0v) is 15.5. The van der Waals surface area contributed by atoms with E-state index in [0.29, 0.717) is 12.5 Å². The second-order valence-corrected chi connectivity index (χ2v) is 7.42. The lowest BCUT2D eigenvalue weighted by molar-refractivity contribution is 0.0680. The molecule has 142 valence electrons. The lowest BCUT2D eigenvalue weighted by atomic mass is 9.99. The second kappa shape index (κ2) is 8.01. The van der Waals surface area contributed by atoms with Crippen LogP contribution in [0.1, 0.15) is 24.0 Å². The van der Waals surface area contributed by atoms with Crippen LogP contribution >= 0.6 is 0 Å². The maximum Gasteiger partial charge on any atom is 0.411 e. The minimum atomic E-state index is -0.874. The zero-order valence-electron chi connectivity index (χ0n) is 15.5. The first-order chi connectivity index (χ1) is 13.2. The Hall–Kier alpha value is -2.53. The van der Waals surface area contributed by atoms with Crippen molar-refractivity contribution in [1.82, 2.24) is 0 Å². The van der Waals surface area contributed by atoms with Crippen LogP contribution in [-0.2, 0) is 17.7 Å². The van der Waals surface area contributed by atoms with Gasteiger partial charge in [0.1, 0.15) is 0 Å². The largest absolute Gasteiger partial charge is 0.465 e. The molecular formula is C22H26N2O3. The maximum atomic E-state index is 11.9. The Balaban J connectivity index is 1.50. The van der Waals surface area contributed by atoms with E-state index in [1.807, 2.05) is 12.1 Å². The molecule has 4 rings (SSSR count). The lowest BCUT2D eigenvalue weighted by Gasteiger charge is -2.28. The number of benzene rings is 2. The van der Waals surface area contributed by atoms with Crippen LogP contribution in [0.2, 0.25) is 0 Å². The van der Waals surface area contributed by atoms with Crippen molar-refractivity contribution < 1.29 is 14.6 Å². The molecule has 0 spiro atoms. The van der Waals surface area contributed by atoms with E-state index in [9.17, 15) is 9.90 Å². The average Bonchev–Trinajstić information content (AvgIpc) is 3.09. The topological polar surface area (TPSA) is 53.0 Å². The van der Waals surface area contributed by atoms with Gasteiger partial charge in [-0.15, -0.1) is 0 Å². The molecule has 2 heterocycles. The van der Waals surface area contributed by atoms with Crippen molar-refractivity contribution in [3.63, 3.8) is 0 Å². The molecule has 1 N–H and O–H groups in total. The molecule has 1 amide bonds. The smallest absolute Gasteiger partial charge is 0.411 e. The minimum Gasteiger partial charge on any atom is -0.465 e. The first-order valence-electron chi connectivity index (χ1n) is 9.71. The molecule has 1 saturated heterocycles. The molecule has 0 saturated carbocycles. The summed E-state index contributed by atoms with van der Waals surface area (Å²) in [6.07, 6.45) is 1.94. The lowest BCUT2D eigenvalue weighted by Crippen LogP contribution is -2.36. The fourth-order valence-electron chi connectivity index (χ4n) is 4.07. The van der Waals surface area contributed by atoms with Crippen molar-refractivity contribution in [3.05, 3.63) is 59.7 Å². The number of anilines is 2. The Morgan fingerprint density at radius 2 is 1.93 bits per heavy atom. The predicted molar refractivity (Wildman–Crippen MR) is 107 cm³/mol. The van der Waals surface area contributed by atoms with Gasteiger partial charge in [0.05, 0.1) is 0 Å². The molecule has 5 nitrogen and oxygen atoms in total. The average molecular weight is 366 g/mol. The van der Waals surface area contributed by atoms with E-state index in [4.69, 9.17) is 4.74 Å². The summed E-state index contributed by atoms with van der Waals surface area (Å²) in [6.45, 7) is 3.87. The van der Waals surface area contributed by atoms with Gasteiger partial charge in [-0.3, -0.25) is 4.90 Å². The monoisotopic (exact) mass is 366 g/mol. The Kier molecular flexibility index (Phi) is 5.30. The highest BCUT2D eigenvalue weighted by Crippen LogP contribution is 2.33. The first-order valence-corrected chi connectivity index (χ1v) is 9.71. The molecule has 0 aliphatic carbocycles. The molecule has 0 radical (unpaired) electrons. The van der Waals surface area contributed by atoms with Crippen molar-refractivity contribution in [2.45, 2.75) is 25.8 Å². The molecule has 0 bridgehead atoms. The quantitative estimate of drug-likeness (QED) is 0.863. The van der Waals surface area contributed by atoms with E-state index < -0.39 is 6.09 Å². The number of nitrogens with zero attached hydrogens (tertiary/aromatic N) is 2. The summed E-state index contributed by atoms with van der Waals surface area (Å²) < 4.78 is 5.40. The van der Waals surface area contributed by atoms with Crippen LogP contribution in [0.15, 0.2) is 48.5 Å². The highest BCUT2D eigenvalue weighted by atomic mass is 16.5. The van der Waals surface area contributed by atoms with Crippen LogP contribution in [0.4, 0.5) is 16.2 Å². The van der Waals surface area contributed by atoms with Gasteiger partial charge in [0, 0.05) is 44.2 Å². The Morgan fingerprint density at radius 1 is 1.15 bits per heavy atom. The van der Waals surface area contributed by atoms with E-state index in [0.717, 1.165) is 51.3 Å². The highest BCUT2D eigenvalue weighted by Gasteiger charge is 2.25. The van der Waals surface area contributed by atoms with Crippen LogP contribution in [0.5, 0.6) is 0 Å². The molecular weight excluding hydrogens is 340 g/mol. The summed E-state index contributed by atoms with van der Waals surface area (Å²) >= 11 is 0. The van der Waals surface area contributed by atoms with E-state index >= 15 is 0 Å². The zero-order chi connectivity index (χ0) is 18.6. The number of carboxylic acid groups (broad SMARTS) is 1. The van der Waals surface area contributed by atoms with Crippen molar-refractivity contribution >= 4 is 17.5 Å². The van der Waals surface area contributed by atoms with Gasteiger partial charge < -0.3 is 14.7 Å². The third kappa shape index (κ3) is 4.08. The van der Waals surface area contributed by atoms with Gasteiger partial charge in [-0.2, -0.15) is 0 Å². The van der Waals surface area contributed by atoms with Gasteiger partial charge in [0.15, 0.2) is 0 Å². The van der Waals surface area contributed by atoms with Crippen LogP contribution in [0.25, 0.3) is 0 Å². The second-order valence-electron chi connectivity index (χ2n) is 7.42. The van der Waals surface area contributed by atoms with E-state index in [1.165, 1.54) is 21.7 Å².